The summed E-state index contributed by atoms with van der Waals surface area (Å²) < 4.78 is 35.8. The Morgan fingerprint density at radius 3 is 2.35 bits per heavy atom. The molecule has 140 valence electrons. The first kappa shape index (κ1) is 20.3. The molecule has 0 heterocycles. The predicted octanol–water partition coefficient (Wildman–Crippen LogP) is 3.84. The Bertz CT molecular complexity index is 896. The largest absolute Gasteiger partial charge is 0.493 e. The van der Waals surface area contributed by atoms with Crippen LogP contribution in [0.15, 0.2) is 50.9 Å². The Morgan fingerprint density at radius 1 is 1.12 bits per heavy atom. The molecule has 2 rings (SSSR count). The molecule has 1 unspecified atom stereocenters. The standard InChI is InChI=1S/C18H21BrN2O4S/c1-12-5-7-14(8-6-12)26(22,23)21-20-11-13(2)15-9-10-16(24-3)18(25-4)17(15)19/h5-11,13,21H,1-4H3/b20-11+. The molecule has 2 aromatic carbocycles. The van der Waals surface area contributed by atoms with Gasteiger partial charge in [-0.2, -0.15) is 13.5 Å². The third-order valence-electron chi connectivity index (χ3n) is 3.81. The van der Waals surface area contributed by atoms with Gasteiger partial charge in [-0.25, -0.2) is 4.83 Å². The van der Waals surface area contributed by atoms with Gasteiger partial charge in [-0.3, -0.25) is 0 Å². The van der Waals surface area contributed by atoms with Crippen molar-refractivity contribution in [3.05, 3.63) is 52.0 Å². The molecule has 0 amide bonds. The van der Waals surface area contributed by atoms with Crippen LogP contribution in [0.1, 0.15) is 24.0 Å². The van der Waals surface area contributed by atoms with E-state index >= 15 is 0 Å². The van der Waals surface area contributed by atoms with Crippen LogP contribution in [0.25, 0.3) is 0 Å². The number of hydrogen-bond acceptors (Lipinski definition) is 5. The lowest BCUT2D eigenvalue weighted by molar-refractivity contribution is 0.352. The lowest BCUT2D eigenvalue weighted by atomic mass is 10.0. The van der Waals surface area contributed by atoms with Crippen LogP contribution in [0.4, 0.5) is 0 Å². The first-order valence-corrected chi connectivity index (χ1v) is 10.1. The molecule has 0 bridgehead atoms. The Balaban J connectivity index is 2.17. The third-order valence-corrected chi connectivity index (χ3v) is 5.86. The maximum Gasteiger partial charge on any atom is 0.276 e. The zero-order valence-electron chi connectivity index (χ0n) is 15.0. The Hall–Kier alpha value is -2.06. The van der Waals surface area contributed by atoms with Gasteiger partial charge in [0.2, 0.25) is 0 Å². The maximum atomic E-state index is 12.2. The van der Waals surface area contributed by atoms with Crippen LogP contribution in [0.3, 0.4) is 0 Å². The zero-order valence-corrected chi connectivity index (χ0v) is 17.4. The first-order chi connectivity index (χ1) is 12.3. The minimum Gasteiger partial charge on any atom is -0.493 e. The number of hydrazone groups is 1. The summed E-state index contributed by atoms with van der Waals surface area (Å²) in [6, 6.07) is 10.2. The predicted molar refractivity (Wildman–Crippen MR) is 106 cm³/mol. The number of ether oxygens (including phenoxy) is 2. The molecule has 0 aromatic heterocycles. The lowest BCUT2D eigenvalue weighted by Gasteiger charge is -2.15. The Kier molecular flexibility index (Phi) is 6.66. The van der Waals surface area contributed by atoms with Crippen molar-refractivity contribution in [2.24, 2.45) is 5.10 Å². The van der Waals surface area contributed by atoms with Gasteiger partial charge in [0.05, 0.1) is 23.6 Å². The third kappa shape index (κ3) is 4.56. The molecule has 1 N–H and O–H groups in total. The van der Waals surface area contributed by atoms with Gasteiger partial charge in [0.15, 0.2) is 11.5 Å². The molecule has 0 fully saturated rings. The summed E-state index contributed by atoms with van der Waals surface area (Å²) in [5, 5.41) is 3.90. The van der Waals surface area contributed by atoms with Gasteiger partial charge in [-0.1, -0.05) is 30.7 Å². The van der Waals surface area contributed by atoms with Crippen molar-refractivity contribution in [2.45, 2.75) is 24.7 Å². The molecule has 6 nitrogen and oxygen atoms in total. The van der Waals surface area contributed by atoms with E-state index in [1.807, 2.05) is 19.9 Å². The molecular weight excluding hydrogens is 420 g/mol. The van der Waals surface area contributed by atoms with E-state index in [0.717, 1.165) is 15.6 Å². The number of methoxy groups -OCH3 is 2. The number of benzene rings is 2. The smallest absolute Gasteiger partial charge is 0.276 e. The van der Waals surface area contributed by atoms with Crippen molar-refractivity contribution in [1.82, 2.24) is 4.83 Å². The van der Waals surface area contributed by atoms with Crippen molar-refractivity contribution in [2.75, 3.05) is 14.2 Å². The SMILES string of the molecule is COc1ccc(C(C)/C=N/NS(=O)(=O)c2ccc(C)cc2)c(Br)c1OC. The van der Waals surface area contributed by atoms with Crippen LogP contribution in [0.2, 0.25) is 0 Å². The number of halogens is 1. The summed E-state index contributed by atoms with van der Waals surface area (Å²) in [6.45, 7) is 3.79. The van der Waals surface area contributed by atoms with Gasteiger partial charge in [0.1, 0.15) is 0 Å². The van der Waals surface area contributed by atoms with E-state index in [1.165, 1.54) is 6.21 Å². The summed E-state index contributed by atoms with van der Waals surface area (Å²) >= 11 is 3.50. The highest BCUT2D eigenvalue weighted by Gasteiger charge is 2.17. The van der Waals surface area contributed by atoms with Gasteiger partial charge < -0.3 is 9.47 Å². The van der Waals surface area contributed by atoms with E-state index in [0.29, 0.717) is 11.5 Å². The Labute approximate surface area is 162 Å². The average Bonchev–Trinajstić information content (AvgIpc) is 2.61. The molecule has 0 radical (unpaired) electrons. The van der Waals surface area contributed by atoms with E-state index in [9.17, 15) is 8.42 Å². The molecule has 8 heteroatoms. The highest BCUT2D eigenvalue weighted by Crippen LogP contribution is 2.39. The number of nitrogens with one attached hydrogen (secondary N) is 1. The lowest BCUT2D eigenvalue weighted by Crippen LogP contribution is -2.18. The molecule has 0 saturated carbocycles. The number of hydrogen-bond donors (Lipinski definition) is 1. The molecule has 0 saturated heterocycles. The number of sulfonamides is 1. The fraction of sp³-hybridized carbons (Fsp3) is 0.278. The van der Waals surface area contributed by atoms with Crippen molar-refractivity contribution in [3.63, 3.8) is 0 Å². The fourth-order valence-corrected chi connectivity index (χ4v) is 3.97. The molecule has 1 atom stereocenters. The van der Waals surface area contributed by atoms with Gasteiger partial charge in [-0.05, 0) is 46.6 Å². The van der Waals surface area contributed by atoms with Crippen LogP contribution in [0, 0.1) is 6.92 Å². The molecule has 0 aliphatic carbocycles. The maximum absolute atomic E-state index is 12.2. The monoisotopic (exact) mass is 440 g/mol. The van der Waals surface area contributed by atoms with Crippen LogP contribution in [-0.4, -0.2) is 28.9 Å². The summed E-state index contributed by atoms with van der Waals surface area (Å²) in [5.74, 6) is 1.02. The summed E-state index contributed by atoms with van der Waals surface area (Å²) in [4.78, 5) is 2.40. The van der Waals surface area contributed by atoms with Crippen LogP contribution >= 0.6 is 15.9 Å². The molecule has 0 aliphatic heterocycles. The minimum absolute atomic E-state index is 0.162. The van der Waals surface area contributed by atoms with E-state index in [2.05, 4.69) is 25.9 Å². The topological polar surface area (TPSA) is 77.0 Å². The summed E-state index contributed by atoms with van der Waals surface area (Å²) in [5.41, 5.74) is 1.88. The van der Waals surface area contributed by atoms with Gasteiger partial charge in [0, 0.05) is 12.1 Å². The highest BCUT2D eigenvalue weighted by atomic mass is 79.9. The van der Waals surface area contributed by atoms with E-state index in [4.69, 9.17) is 9.47 Å². The number of rotatable bonds is 7. The molecular formula is C18H21BrN2O4S. The molecule has 2 aromatic rings. The average molecular weight is 441 g/mol. The van der Waals surface area contributed by atoms with E-state index < -0.39 is 10.0 Å². The quantitative estimate of drug-likeness (QED) is 0.523. The van der Waals surface area contributed by atoms with Crippen molar-refractivity contribution < 1.29 is 17.9 Å². The second-order valence-corrected chi connectivity index (χ2v) is 8.13. The molecule has 0 spiro atoms. The van der Waals surface area contributed by atoms with Crippen molar-refractivity contribution in [3.8, 4) is 11.5 Å². The van der Waals surface area contributed by atoms with Crippen LogP contribution in [-0.2, 0) is 10.0 Å². The summed E-state index contributed by atoms with van der Waals surface area (Å²) in [6.07, 6.45) is 1.53. The van der Waals surface area contributed by atoms with E-state index in [1.54, 1.807) is 44.6 Å². The van der Waals surface area contributed by atoms with Gasteiger partial charge in [-0.15, -0.1) is 0 Å². The van der Waals surface area contributed by atoms with Crippen LogP contribution < -0.4 is 14.3 Å². The first-order valence-electron chi connectivity index (χ1n) is 7.82. The minimum atomic E-state index is -3.69. The zero-order chi connectivity index (χ0) is 19.3. The van der Waals surface area contributed by atoms with Crippen molar-refractivity contribution >= 4 is 32.2 Å². The highest BCUT2D eigenvalue weighted by molar-refractivity contribution is 9.10. The Morgan fingerprint density at radius 2 is 1.77 bits per heavy atom. The molecule has 26 heavy (non-hydrogen) atoms. The fourth-order valence-electron chi connectivity index (χ4n) is 2.32. The summed E-state index contributed by atoms with van der Waals surface area (Å²) in [7, 11) is -0.572. The second-order valence-electron chi connectivity index (χ2n) is 5.68. The van der Waals surface area contributed by atoms with Gasteiger partial charge in [0.25, 0.3) is 10.0 Å². The second kappa shape index (κ2) is 8.55. The van der Waals surface area contributed by atoms with Crippen molar-refractivity contribution in [1.29, 1.82) is 0 Å². The number of nitrogens with zero attached hydrogens (tertiary/aromatic N) is 1. The normalized spacial score (nSPS) is 12.8. The van der Waals surface area contributed by atoms with Gasteiger partial charge >= 0.3 is 0 Å². The van der Waals surface area contributed by atoms with Crippen LogP contribution in [0.5, 0.6) is 11.5 Å². The number of aryl methyl sites for hydroxylation is 1. The van der Waals surface area contributed by atoms with E-state index in [-0.39, 0.29) is 10.8 Å². The molecule has 0 aliphatic rings.